The lowest BCUT2D eigenvalue weighted by Crippen LogP contribution is -2.51. The van der Waals surface area contributed by atoms with Gasteiger partial charge in [0, 0.05) is 23.6 Å². The van der Waals surface area contributed by atoms with Crippen molar-refractivity contribution in [2.24, 2.45) is 11.7 Å². The number of rotatable bonds is 4. The Morgan fingerprint density at radius 2 is 2.08 bits per heavy atom. The first-order chi connectivity index (χ1) is 11.5. The maximum atomic E-state index is 12.6. The minimum Gasteiger partial charge on any atom is -0.326 e. The number of anilines is 1. The minimum atomic E-state index is -0.430. The molecule has 3 rings (SSSR count). The number of nitrogens with two attached hydrogens (primary N) is 1. The second-order valence-electron chi connectivity index (χ2n) is 6.45. The number of nitrogens with zero attached hydrogens (tertiary/aromatic N) is 2. The number of amides is 1. The Morgan fingerprint density at radius 3 is 2.83 bits per heavy atom. The summed E-state index contributed by atoms with van der Waals surface area (Å²) in [4.78, 5) is 21.2. The molecule has 0 saturated heterocycles. The highest BCUT2D eigenvalue weighted by Gasteiger charge is 2.37. The van der Waals surface area contributed by atoms with Crippen molar-refractivity contribution in [2.75, 3.05) is 5.32 Å². The fourth-order valence-electron chi connectivity index (χ4n) is 3.08. The molecule has 0 bridgehead atoms. The number of pyridine rings is 2. The molecule has 0 spiro atoms. The Hall–Kier alpha value is -1.92. The van der Waals surface area contributed by atoms with Crippen LogP contribution in [-0.4, -0.2) is 21.4 Å². The molecular formula is C18H22N4OS. The summed E-state index contributed by atoms with van der Waals surface area (Å²) in [6, 6.07) is 9.42. The van der Waals surface area contributed by atoms with Crippen molar-refractivity contribution >= 4 is 23.4 Å². The summed E-state index contributed by atoms with van der Waals surface area (Å²) >= 11 is 1.47. The van der Waals surface area contributed by atoms with Gasteiger partial charge in [0.1, 0.15) is 10.1 Å². The fourth-order valence-corrected chi connectivity index (χ4v) is 3.85. The Bertz CT molecular complexity index is 705. The lowest BCUT2D eigenvalue weighted by atomic mass is 9.74. The third kappa shape index (κ3) is 4.13. The first-order valence-corrected chi connectivity index (χ1v) is 9.01. The van der Waals surface area contributed by atoms with Gasteiger partial charge in [0.2, 0.25) is 5.91 Å². The van der Waals surface area contributed by atoms with Crippen LogP contribution in [-0.2, 0) is 4.79 Å². The van der Waals surface area contributed by atoms with Crippen LogP contribution in [0.3, 0.4) is 0 Å². The van der Waals surface area contributed by atoms with Crippen LogP contribution in [0.15, 0.2) is 52.8 Å². The lowest BCUT2D eigenvalue weighted by molar-refractivity contribution is -0.122. The number of nitrogens with one attached hydrogen (secondary N) is 1. The lowest BCUT2D eigenvalue weighted by Gasteiger charge is -2.37. The van der Waals surface area contributed by atoms with E-state index in [2.05, 4.69) is 15.3 Å². The van der Waals surface area contributed by atoms with Crippen LogP contribution >= 0.6 is 11.8 Å². The molecule has 5 nitrogen and oxygen atoms in total. The molecule has 1 fully saturated rings. The van der Waals surface area contributed by atoms with Gasteiger partial charge in [-0.15, -0.1) is 0 Å². The van der Waals surface area contributed by atoms with Gasteiger partial charge in [0.15, 0.2) is 0 Å². The number of carbonyl (C=O) groups excluding carboxylic acids is 1. The number of hydrogen-bond donors (Lipinski definition) is 2. The van der Waals surface area contributed by atoms with E-state index in [-0.39, 0.29) is 11.8 Å². The summed E-state index contributed by atoms with van der Waals surface area (Å²) in [5.41, 5.74) is 6.64. The van der Waals surface area contributed by atoms with Crippen molar-refractivity contribution in [3.05, 3.63) is 42.7 Å². The quantitative estimate of drug-likeness (QED) is 0.889. The zero-order chi connectivity index (χ0) is 17.0. The maximum Gasteiger partial charge on any atom is 0.229 e. The Morgan fingerprint density at radius 1 is 1.25 bits per heavy atom. The summed E-state index contributed by atoms with van der Waals surface area (Å²) in [6.45, 7) is 1.98. The molecular weight excluding hydrogens is 320 g/mol. The van der Waals surface area contributed by atoms with E-state index in [9.17, 15) is 4.79 Å². The second-order valence-corrected chi connectivity index (χ2v) is 7.49. The summed E-state index contributed by atoms with van der Waals surface area (Å²) < 4.78 is 0. The fraction of sp³-hybridized carbons (Fsp3) is 0.389. The third-order valence-electron chi connectivity index (χ3n) is 4.42. The van der Waals surface area contributed by atoms with Crippen LogP contribution in [0.4, 0.5) is 5.69 Å². The van der Waals surface area contributed by atoms with Crippen molar-refractivity contribution in [3.8, 4) is 0 Å². The van der Waals surface area contributed by atoms with Gasteiger partial charge < -0.3 is 11.1 Å². The molecule has 6 heteroatoms. The predicted molar refractivity (Wildman–Crippen MR) is 95.8 cm³/mol. The van der Waals surface area contributed by atoms with E-state index >= 15 is 0 Å². The van der Waals surface area contributed by atoms with Crippen LogP contribution in [0.25, 0.3) is 0 Å². The van der Waals surface area contributed by atoms with E-state index in [0.717, 1.165) is 41.4 Å². The zero-order valence-corrected chi connectivity index (χ0v) is 14.6. The van der Waals surface area contributed by atoms with Crippen molar-refractivity contribution < 1.29 is 4.79 Å². The molecule has 1 aliphatic carbocycles. The van der Waals surface area contributed by atoms with Gasteiger partial charge >= 0.3 is 0 Å². The highest BCUT2D eigenvalue weighted by molar-refractivity contribution is 7.99. The van der Waals surface area contributed by atoms with Crippen LogP contribution < -0.4 is 11.1 Å². The average molecular weight is 342 g/mol. The van der Waals surface area contributed by atoms with Crippen molar-refractivity contribution in [3.63, 3.8) is 0 Å². The number of carbonyl (C=O) groups is 1. The minimum absolute atomic E-state index is 0.000291. The average Bonchev–Trinajstić information content (AvgIpc) is 2.55. The molecule has 1 aliphatic rings. The van der Waals surface area contributed by atoms with E-state index in [0.29, 0.717) is 0 Å². The first kappa shape index (κ1) is 16.9. The molecule has 24 heavy (non-hydrogen) atoms. The maximum absolute atomic E-state index is 12.6. The molecule has 0 radical (unpaired) electrons. The van der Waals surface area contributed by atoms with Gasteiger partial charge in [-0.25, -0.2) is 9.97 Å². The van der Waals surface area contributed by atoms with Gasteiger partial charge in [-0.3, -0.25) is 4.79 Å². The molecule has 0 aromatic carbocycles. The number of hydrogen-bond acceptors (Lipinski definition) is 5. The van der Waals surface area contributed by atoms with Crippen LogP contribution in [0.1, 0.15) is 32.6 Å². The molecule has 0 aliphatic heterocycles. The normalized spacial score (nSPS) is 23.7. The molecule has 2 heterocycles. The summed E-state index contributed by atoms with van der Waals surface area (Å²) in [5.74, 6) is -0.147. The van der Waals surface area contributed by atoms with Gasteiger partial charge in [-0.1, -0.05) is 30.7 Å². The van der Waals surface area contributed by atoms with Gasteiger partial charge in [-0.05, 0) is 44.0 Å². The van der Waals surface area contributed by atoms with Crippen LogP contribution in [0, 0.1) is 5.92 Å². The van der Waals surface area contributed by atoms with E-state index in [1.165, 1.54) is 11.8 Å². The zero-order valence-electron chi connectivity index (χ0n) is 13.7. The van der Waals surface area contributed by atoms with Crippen molar-refractivity contribution in [1.29, 1.82) is 0 Å². The highest BCUT2D eigenvalue weighted by atomic mass is 32.2. The van der Waals surface area contributed by atoms with E-state index in [1.807, 2.05) is 31.2 Å². The Kier molecular flexibility index (Phi) is 5.16. The largest absolute Gasteiger partial charge is 0.326 e. The first-order valence-electron chi connectivity index (χ1n) is 8.19. The monoisotopic (exact) mass is 342 g/mol. The van der Waals surface area contributed by atoms with E-state index < -0.39 is 5.54 Å². The van der Waals surface area contributed by atoms with Gasteiger partial charge in [-0.2, -0.15) is 0 Å². The Balaban J connectivity index is 1.69. The van der Waals surface area contributed by atoms with Gasteiger partial charge in [0.05, 0.1) is 5.92 Å². The molecule has 2 aromatic rings. The van der Waals surface area contributed by atoms with Crippen molar-refractivity contribution in [1.82, 2.24) is 9.97 Å². The third-order valence-corrected chi connectivity index (χ3v) is 5.30. The molecule has 2 atom stereocenters. The Labute approximate surface area is 146 Å². The van der Waals surface area contributed by atoms with Gasteiger partial charge in [0.25, 0.3) is 0 Å². The molecule has 1 amide bonds. The number of aromatic nitrogens is 2. The SMILES string of the molecule is CC1(N)CCCCC1C(=O)Nc1ccnc(Sc2ccccn2)c1. The molecule has 126 valence electrons. The predicted octanol–water partition coefficient (Wildman–Crippen LogP) is 3.47. The van der Waals surface area contributed by atoms with Crippen LogP contribution in [0.5, 0.6) is 0 Å². The topological polar surface area (TPSA) is 80.9 Å². The highest BCUT2D eigenvalue weighted by Crippen LogP contribution is 2.33. The summed E-state index contributed by atoms with van der Waals surface area (Å²) in [7, 11) is 0. The second kappa shape index (κ2) is 7.32. The molecule has 3 N–H and O–H groups in total. The molecule has 1 saturated carbocycles. The van der Waals surface area contributed by atoms with E-state index in [1.54, 1.807) is 18.5 Å². The smallest absolute Gasteiger partial charge is 0.229 e. The molecule has 2 aromatic heterocycles. The summed E-state index contributed by atoms with van der Waals surface area (Å²) in [5, 5.41) is 4.67. The summed E-state index contributed by atoms with van der Waals surface area (Å²) in [6.07, 6.45) is 7.34. The molecule has 2 unspecified atom stereocenters. The standard InChI is InChI=1S/C18H22N4OS/c1-18(19)9-4-2-6-14(18)17(23)22-13-8-11-21-16(12-13)24-15-7-3-5-10-20-15/h3,5,7-8,10-12,14H,2,4,6,9,19H2,1H3,(H,21,22,23). The van der Waals surface area contributed by atoms with Crippen molar-refractivity contribution in [2.45, 2.75) is 48.2 Å². The van der Waals surface area contributed by atoms with Crippen LogP contribution in [0.2, 0.25) is 0 Å². The van der Waals surface area contributed by atoms with E-state index in [4.69, 9.17) is 5.73 Å².